The van der Waals surface area contributed by atoms with Crippen LogP contribution in [0.4, 0.5) is 0 Å². The average Bonchev–Trinajstić information content (AvgIpc) is 3.76. The number of benzene rings is 7. The maximum atomic E-state index is 6.48. The van der Waals surface area contributed by atoms with Gasteiger partial charge in [0.1, 0.15) is 22.3 Å². The minimum absolute atomic E-state index is 0.587. The lowest BCUT2D eigenvalue weighted by atomic mass is 9.93. The molecule has 10 rings (SSSR count). The second-order valence-corrected chi connectivity index (χ2v) is 12.4. The van der Waals surface area contributed by atoms with Gasteiger partial charge in [0.25, 0.3) is 0 Å². The Morgan fingerprint density at radius 2 is 0.840 bits per heavy atom. The fourth-order valence-corrected chi connectivity index (χ4v) is 6.95. The molecule has 5 nitrogen and oxygen atoms in total. The van der Waals surface area contributed by atoms with Crippen molar-refractivity contribution in [2.24, 2.45) is 0 Å². The molecule has 10 aromatic rings. The van der Waals surface area contributed by atoms with E-state index in [1.54, 1.807) is 0 Å². The van der Waals surface area contributed by atoms with Crippen LogP contribution in [0.5, 0.6) is 0 Å². The van der Waals surface area contributed by atoms with Crippen LogP contribution in [0.2, 0.25) is 0 Å². The molecule has 0 amide bonds. The highest BCUT2D eigenvalue weighted by atomic mass is 16.3. The van der Waals surface area contributed by atoms with E-state index in [2.05, 4.69) is 66.7 Å². The highest BCUT2D eigenvalue weighted by molar-refractivity contribution is 6.10. The molecule has 234 valence electrons. The second-order valence-electron chi connectivity index (χ2n) is 12.4. The third-order valence-electron chi connectivity index (χ3n) is 9.36. The third kappa shape index (κ3) is 4.67. The minimum Gasteiger partial charge on any atom is -0.456 e. The number of rotatable bonds is 5. The van der Waals surface area contributed by atoms with Crippen LogP contribution < -0.4 is 0 Å². The van der Waals surface area contributed by atoms with Crippen molar-refractivity contribution in [3.63, 3.8) is 0 Å². The standard InChI is InChI=1S/C45H27N3O2/c1-3-12-28(13-4-1)43-46-44(29-14-5-2-6-15-29)48-45(47-43)38-27-31(33-18-11-19-36-34-16-7-10-21-40(34)50-42(33)36)22-24-32(38)30-23-25-41-37(26-30)35-17-8-9-20-39(35)49-41/h1-27H. The molecule has 0 spiro atoms. The summed E-state index contributed by atoms with van der Waals surface area (Å²) in [4.78, 5) is 15.3. The molecule has 0 bridgehead atoms. The quantitative estimate of drug-likeness (QED) is 0.187. The summed E-state index contributed by atoms with van der Waals surface area (Å²) in [5.74, 6) is 1.81. The first-order valence-corrected chi connectivity index (χ1v) is 16.6. The van der Waals surface area contributed by atoms with E-state index < -0.39 is 0 Å². The molecule has 0 saturated carbocycles. The Morgan fingerprint density at radius 3 is 1.56 bits per heavy atom. The van der Waals surface area contributed by atoms with E-state index >= 15 is 0 Å². The molecule has 7 aromatic carbocycles. The molecular formula is C45H27N3O2. The Labute approximate surface area is 287 Å². The van der Waals surface area contributed by atoms with Crippen LogP contribution >= 0.6 is 0 Å². The molecule has 3 aromatic heterocycles. The summed E-state index contributed by atoms with van der Waals surface area (Å²) in [7, 11) is 0. The Balaban J connectivity index is 1.25. The van der Waals surface area contributed by atoms with E-state index in [9.17, 15) is 0 Å². The van der Waals surface area contributed by atoms with Crippen molar-refractivity contribution < 1.29 is 8.83 Å². The van der Waals surface area contributed by atoms with Crippen molar-refractivity contribution in [2.45, 2.75) is 0 Å². The van der Waals surface area contributed by atoms with Gasteiger partial charge >= 0.3 is 0 Å². The summed E-state index contributed by atoms with van der Waals surface area (Å²) in [5.41, 5.74) is 10.2. The summed E-state index contributed by atoms with van der Waals surface area (Å²) in [5, 5.41) is 4.32. The molecular weight excluding hydrogens is 615 g/mol. The van der Waals surface area contributed by atoms with Crippen molar-refractivity contribution >= 4 is 43.9 Å². The highest BCUT2D eigenvalue weighted by Gasteiger charge is 2.20. The van der Waals surface area contributed by atoms with Gasteiger partial charge in [-0.15, -0.1) is 0 Å². The van der Waals surface area contributed by atoms with Crippen molar-refractivity contribution in [1.29, 1.82) is 0 Å². The maximum Gasteiger partial charge on any atom is 0.164 e. The maximum absolute atomic E-state index is 6.48. The van der Waals surface area contributed by atoms with Crippen LogP contribution in [-0.2, 0) is 0 Å². The number of furan rings is 2. The fourth-order valence-electron chi connectivity index (χ4n) is 6.95. The number of para-hydroxylation sites is 3. The fraction of sp³-hybridized carbons (Fsp3) is 0. The van der Waals surface area contributed by atoms with E-state index in [0.29, 0.717) is 17.5 Å². The molecule has 0 aliphatic heterocycles. The van der Waals surface area contributed by atoms with Gasteiger partial charge in [-0.2, -0.15) is 0 Å². The molecule has 0 radical (unpaired) electrons. The lowest BCUT2D eigenvalue weighted by Gasteiger charge is -2.14. The van der Waals surface area contributed by atoms with E-state index in [0.717, 1.165) is 82.8 Å². The van der Waals surface area contributed by atoms with Crippen LogP contribution in [0.3, 0.4) is 0 Å². The molecule has 0 fully saturated rings. The van der Waals surface area contributed by atoms with Crippen molar-refractivity contribution in [1.82, 2.24) is 15.0 Å². The van der Waals surface area contributed by atoms with Crippen molar-refractivity contribution in [3.8, 4) is 56.4 Å². The van der Waals surface area contributed by atoms with Gasteiger partial charge in [0.05, 0.1) is 0 Å². The zero-order valence-electron chi connectivity index (χ0n) is 26.7. The summed E-state index contributed by atoms with van der Waals surface area (Å²) in [6.45, 7) is 0. The van der Waals surface area contributed by atoms with Gasteiger partial charge in [-0.3, -0.25) is 0 Å². The van der Waals surface area contributed by atoms with E-state index in [1.807, 2.05) is 97.1 Å². The molecule has 0 N–H and O–H groups in total. The zero-order chi connectivity index (χ0) is 33.0. The Hall–Kier alpha value is -6.85. The van der Waals surface area contributed by atoms with Gasteiger partial charge in [0.2, 0.25) is 0 Å². The predicted molar refractivity (Wildman–Crippen MR) is 202 cm³/mol. The Bertz CT molecular complexity index is 2810. The van der Waals surface area contributed by atoms with Gasteiger partial charge < -0.3 is 8.83 Å². The van der Waals surface area contributed by atoms with Crippen LogP contribution in [0, 0.1) is 0 Å². The van der Waals surface area contributed by atoms with Gasteiger partial charge in [0, 0.05) is 43.8 Å². The third-order valence-corrected chi connectivity index (χ3v) is 9.36. The van der Waals surface area contributed by atoms with Gasteiger partial charge in [-0.05, 0) is 47.0 Å². The molecule has 0 unspecified atom stereocenters. The molecule has 0 saturated heterocycles. The van der Waals surface area contributed by atoms with Crippen LogP contribution in [0.15, 0.2) is 173 Å². The molecule has 50 heavy (non-hydrogen) atoms. The first-order chi connectivity index (χ1) is 24.8. The largest absolute Gasteiger partial charge is 0.456 e. The summed E-state index contributed by atoms with van der Waals surface area (Å²) < 4.78 is 12.7. The van der Waals surface area contributed by atoms with Crippen LogP contribution in [0.25, 0.3) is 100 Å². The number of fused-ring (bicyclic) bond motifs is 6. The van der Waals surface area contributed by atoms with Gasteiger partial charge in [-0.25, -0.2) is 15.0 Å². The lowest BCUT2D eigenvalue weighted by molar-refractivity contribution is 0.669. The first-order valence-electron chi connectivity index (χ1n) is 16.6. The first kappa shape index (κ1) is 28.2. The SMILES string of the molecule is c1ccc(-c2nc(-c3ccccc3)nc(-c3cc(-c4cccc5c4oc4ccccc45)ccc3-c3ccc4oc5ccccc5c4c3)n2)cc1. The number of hydrogen-bond donors (Lipinski definition) is 0. The van der Waals surface area contributed by atoms with Gasteiger partial charge in [0.15, 0.2) is 17.5 Å². The second kappa shape index (κ2) is 11.4. The van der Waals surface area contributed by atoms with Crippen molar-refractivity contribution in [2.75, 3.05) is 0 Å². The highest BCUT2D eigenvalue weighted by Crippen LogP contribution is 2.41. The average molecular weight is 642 g/mol. The summed E-state index contributed by atoms with van der Waals surface area (Å²) in [6.07, 6.45) is 0. The predicted octanol–water partition coefficient (Wildman–Crippen LogP) is 12.0. The van der Waals surface area contributed by atoms with Crippen LogP contribution in [0.1, 0.15) is 0 Å². The minimum atomic E-state index is 0.587. The molecule has 0 atom stereocenters. The zero-order valence-corrected chi connectivity index (χ0v) is 26.7. The number of hydrogen-bond acceptors (Lipinski definition) is 5. The molecule has 0 aliphatic carbocycles. The van der Waals surface area contributed by atoms with Crippen molar-refractivity contribution in [3.05, 3.63) is 164 Å². The topological polar surface area (TPSA) is 65.0 Å². The van der Waals surface area contributed by atoms with E-state index in [1.165, 1.54) is 0 Å². The number of nitrogens with zero attached hydrogens (tertiary/aromatic N) is 3. The van der Waals surface area contributed by atoms with Gasteiger partial charge in [-0.1, -0.05) is 133 Å². The molecule has 5 heteroatoms. The van der Waals surface area contributed by atoms with Crippen LogP contribution in [-0.4, -0.2) is 15.0 Å². The van der Waals surface area contributed by atoms with E-state index in [-0.39, 0.29) is 0 Å². The molecule has 3 heterocycles. The molecule has 0 aliphatic rings. The monoisotopic (exact) mass is 641 g/mol. The Kier molecular flexibility index (Phi) is 6.42. The normalized spacial score (nSPS) is 11.6. The van der Waals surface area contributed by atoms with E-state index in [4.69, 9.17) is 23.8 Å². The summed E-state index contributed by atoms with van der Waals surface area (Å²) in [6, 6.07) is 55.7. The Morgan fingerprint density at radius 1 is 0.300 bits per heavy atom. The number of aromatic nitrogens is 3. The smallest absolute Gasteiger partial charge is 0.164 e. The lowest BCUT2D eigenvalue weighted by Crippen LogP contribution is -2.01. The summed E-state index contributed by atoms with van der Waals surface area (Å²) >= 11 is 0.